The summed E-state index contributed by atoms with van der Waals surface area (Å²) in [6, 6.07) is 16.8. The van der Waals surface area contributed by atoms with Crippen LogP contribution in [-0.2, 0) is 22.6 Å². The van der Waals surface area contributed by atoms with E-state index in [9.17, 15) is 36.3 Å². The van der Waals surface area contributed by atoms with Crippen molar-refractivity contribution in [1.82, 2.24) is 5.32 Å². The van der Waals surface area contributed by atoms with Gasteiger partial charge < -0.3 is 15.3 Å². The van der Waals surface area contributed by atoms with Gasteiger partial charge in [0.05, 0.1) is 22.3 Å². The van der Waals surface area contributed by atoms with Crippen molar-refractivity contribution in [3.8, 4) is 0 Å². The minimum absolute atomic E-state index is 0.00807. The molecule has 0 aliphatic carbocycles. The van der Waals surface area contributed by atoms with Gasteiger partial charge in [-0.1, -0.05) is 19.1 Å². The number of carbonyl (C=O) groups excluding carboxylic acids is 1. The lowest BCUT2D eigenvalue weighted by Crippen LogP contribution is -2.41. The molecule has 0 radical (unpaired) electrons. The number of anilines is 2. The van der Waals surface area contributed by atoms with E-state index in [1.165, 1.54) is 12.1 Å². The van der Waals surface area contributed by atoms with Crippen LogP contribution in [-0.4, -0.2) is 50.4 Å². The Morgan fingerprint density at radius 1 is 1.00 bits per heavy atom. The minimum Gasteiger partial charge on any atom is -0.465 e. The molecule has 2 N–H and O–H groups in total. The van der Waals surface area contributed by atoms with Crippen molar-refractivity contribution in [2.75, 3.05) is 28.6 Å². The van der Waals surface area contributed by atoms with Gasteiger partial charge in [0.2, 0.25) is 0 Å². The molecule has 40 heavy (non-hydrogen) atoms. The second-order valence-electron chi connectivity index (χ2n) is 9.36. The Labute approximate surface area is 229 Å². The van der Waals surface area contributed by atoms with Crippen molar-refractivity contribution in [2.24, 2.45) is 0 Å². The number of rotatable bonds is 8. The number of carboxylic acid groups (broad SMARTS) is 1. The molecular weight excluding hydrogens is 547 g/mol. The Morgan fingerprint density at radius 3 is 2.17 bits per heavy atom. The van der Waals surface area contributed by atoms with Gasteiger partial charge in [-0.2, -0.15) is 13.2 Å². The third-order valence-electron chi connectivity index (χ3n) is 6.82. The molecule has 1 fully saturated rings. The Hall–Kier alpha value is -4.06. The molecular formula is C28H28F3N3O5S. The van der Waals surface area contributed by atoms with E-state index in [1.54, 1.807) is 43.3 Å². The maximum Gasteiger partial charge on any atom is 0.416 e. The fraction of sp³-hybridized carbons (Fsp3) is 0.286. The smallest absolute Gasteiger partial charge is 0.416 e. The molecule has 8 nitrogen and oxygen atoms in total. The Bertz CT molecular complexity index is 1460. The number of alkyl halides is 3. The summed E-state index contributed by atoms with van der Waals surface area (Å²) in [5, 5.41) is 12.6. The molecule has 0 saturated carbocycles. The maximum atomic E-state index is 12.9. The highest BCUT2D eigenvalue weighted by molar-refractivity contribution is 7.91. The summed E-state index contributed by atoms with van der Waals surface area (Å²) in [6.07, 6.45) is -5.28. The van der Waals surface area contributed by atoms with Gasteiger partial charge in [-0.3, -0.25) is 9.69 Å². The van der Waals surface area contributed by atoms with Crippen LogP contribution in [0.2, 0.25) is 0 Å². The summed E-state index contributed by atoms with van der Waals surface area (Å²) in [7, 11) is -3.29. The minimum atomic E-state index is -4.51. The van der Waals surface area contributed by atoms with Crippen molar-refractivity contribution in [3.63, 3.8) is 0 Å². The van der Waals surface area contributed by atoms with Gasteiger partial charge in [0.25, 0.3) is 5.91 Å². The maximum absolute atomic E-state index is 12.9. The van der Waals surface area contributed by atoms with E-state index < -0.39 is 33.7 Å². The van der Waals surface area contributed by atoms with E-state index in [0.717, 1.165) is 40.4 Å². The average Bonchev–Trinajstić information content (AvgIpc) is 3.41. The molecule has 3 aromatic rings. The van der Waals surface area contributed by atoms with Crippen LogP contribution in [0, 0.1) is 0 Å². The summed E-state index contributed by atoms with van der Waals surface area (Å²) in [4.78, 5) is 27.9. The van der Waals surface area contributed by atoms with Crippen LogP contribution in [0.4, 0.5) is 29.3 Å². The summed E-state index contributed by atoms with van der Waals surface area (Å²) in [6.45, 7) is 2.66. The molecule has 1 heterocycles. The summed E-state index contributed by atoms with van der Waals surface area (Å²) < 4.78 is 62.6. The van der Waals surface area contributed by atoms with Gasteiger partial charge in [-0.05, 0) is 72.6 Å². The zero-order chi connectivity index (χ0) is 29.1. The number of hydrogen-bond donors (Lipinski definition) is 2. The highest BCUT2D eigenvalue weighted by atomic mass is 32.2. The van der Waals surface area contributed by atoms with Gasteiger partial charge >= 0.3 is 12.3 Å². The lowest BCUT2D eigenvalue weighted by atomic mass is 10.1. The first-order chi connectivity index (χ1) is 18.9. The second-order valence-corrected chi connectivity index (χ2v) is 11.6. The predicted molar refractivity (Wildman–Crippen MR) is 144 cm³/mol. The monoisotopic (exact) mass is 575 g/mol. The normalized spacial score (nSPS) is 15.6. The van der Waals surface area contributed by atoms with Crippen LogP contribution in [0.15, 0.2) is 77.7 Å². The summed E-state index contributed by atoms with van der Waals surface area (Å²) in [5.41, 5.74) is 1.27. The molecule has 1 saturated heterocycles. The Morgan fingerprint density at radius 2 is 1.62 bits per heavy atom. The van der Waals surface area contributed by atoms with Crippen LogP contribution in [0.1, 0.15) is 34.8 Å². The van der Waals surface area contributed by atoms with E-state index in [1.807, 2.05) is 4.90 Å². The van der Waals surface area contributed by atoms with E-state index >= 15 is 0 Å². The largest absolute Gasteiger partial charge is 0.465 e. The standard InChI is InChI=1S/C28H28F3N3O5S/c1-2-40(38,39)25-13-3-19(4-14-25)17-32-26(35)20-5-9-22(10-6-20)33-16-15-24(18-33)34(27(36)37)23-11-7-21(8-12-23)28(29,30)31/h3-14,24H,2,15-18H2,1H3,(H,32,35)(H,36,37). The number of benzene rings is 3. The van der Waals surface area contributed by atoms with E-state index in [4.69, 9.17) is 0 Å². The molecule has 2 amide bonds. The molecule has 0 bridgehead atoms. The molecule has 1 aliphatic rings. The number of nitrogens with zero attached hydrogens (tertiary/aromatic N) is 2. The second kappa shape index (κ2) is 11.6. The summed E-state index contributed by atoms with van der Waals surface area (Å²) >= 11 is 0. The molecule has 0 aromatic heterocycles. The molecule has 212 valence electrons. The first kappa shape index (κ1) is 28.9. The van der Waals surface area contributed by atoms with Crippen LogP contribution < -0.4 is 15.1 Å². The van der Waals surface area contributed by atoms with Crippen LogP contribution in [0.3, 0.4) is 0 Å². The number of nitrogens with one attached hydrogen (secondary N) is 1. The van der Waals surface area contributed by atoms with Crippen molar-refractivity contribution in [1.29, 1.82) is 0 Å². The summed E-state index contributed by atoms with van der Waals surface area (Å²) in [5.74, 6) is -0.302. The predicted octanol–water partition coefficient (Wildman–Crippen LogP) is 5.19. The number of carbonyl (C=O) groups is 2. The fourth-order valence-electron chi connectivity index (χ4n) is 4.56. The number of hydrogen-bond acceptors (Lipinski definition) is 5. The molecule has 12 heteroatoms. The van der Waals surface area contributed by atoms with Crippen LogP contribution >= 0.6 is 0 Å². The number of halogens is 3. The Kier molecular flexibility index (Phi) is 8.38. The molecule has 3 aromatic carbocycles. The molecule has 1 aliphatic heterocycles. The fourth-order valence-corrected chi connectivity index (χ4v) is 5.45. The molecule has 1 unspecified atom stereocenters. The van der Waals surface area contributed by atoms with Gasteiger partial charge in [-0.15, -0.1) is 0 Å². The topological polar surface area (TPSA) is 107 Å². The zero-order valence-electron chi connectivity index (χ0n) is 21.6. The zero-order valence-corrected chi connectivity index (χ0v) is 22.4. The van der Waals surface area contributed by atoms with E-state index in [-0.39, 0.29) is 28.8 Å². The third-order valence-corrected chi connectivity index (χ3v) is 8.57. The molecule has 4 rings (SSSR count). The van der Waals surface area contributed by atoms with Crippen molar-refractivity contribution < 1.29 is 36.3 Å². The van der Waals surface area contributed by atoms with E-state index in [2.05, 4.69) is 5.32 Å². The lowest BCUT2D eigenvalue weighted by molar-refractivity contribution is -0.137. The number of sulfone groups is 1. The number of amides is 2. The average molecular weight is 576 g/mol. The van der Waals surface area contributed by atoms with Crippen molar-refractivity contribution in [3.05, 3.63) is 89.5 Å². The van der Waals surface area contributed by atoms with Gasteiger partial charge in [0.15, 0.2) is 9.84 Å². The highest BCUT2D eigenvalue weighted by Crippen LogP contribution is 2.32. The SMILES string of the molecule is CCS(=O)(=O)c1ccc(CNC(=O)c2ccc(N3CCC(N(C(=O)O)c4ccc(C(F)(F)F)cc4)C3)cc2)cc1. The van der Waals surface area contributed by atoms with Gasteiger partial charge in [0.1, 0.15) is 0 Å². The highest BCUT2D eigenvalue weighted by Gasteiger charge is 2.34. The lowest BCUT2D eigenvalue weighted by Gasteiger charge is -2.27. The Balaban J connectivity index is 1.36. The van der Waals surface area contributed by atoms with Gasteiger partial charge in [-0.25, -0.2) is 13.2 Å². The quantitative estimate of drug-likeness (QED) is 0.383. The van der Waals surface area contributed by atoms with Crippen LogP contribution in [0.25, 0.3) is 0 Å². The van der Waals surface area contributed by atoms with Gasteiger partial charge in [0, 0.05) is 36.6 Å². The third kappa shape index (κ3) is 6.56. The van der Waals surface area contributed by atoms with Crippen molar-refractivity contribution >= 4 is 33.2 Å². The molecule has 1 atom stereocenters. The first-order valence-corrected chi connectivity index (χ1v) is 14.2. The van der Waals surface area contributed by atoms with Crippen molar-refractivity contribution in [2.45, 2.75) is 37.0 Å². The molecule has 0 spiro atoms. The first-order valence-electron chi connectivity index (χ1n) is 12.5. The van der Waals surface area contributed by atoms with E-state index in [0.29, 0.717) is 25.1 Å². The van der Waals surface area contributed by atoms with Crippen LogP contribution in [0.5, 0.6) is 0 Å².